The Hall–Kier alpha value is -3.27. The van der Waals surface area contributed by atoms with Crippen LogP contribution in [0.25, 0.3) is 0 Å². The molecule has 0 fully saturated rings. The molecule has 2 amide bonds. The number of benzene rings is 3. The van der Waals surface area contributed by atoms with Crippen LogP contribution in [0.5, 0.6) is 5.75 Å². The van der Waals surface area contributed by atoms with Crippen LogP contribution in [0.3, 0.4) is 0 Å². The number of anilines is 1. The number of nitrogens with one attached hydrogen (secondary N) is 1. The molecule has 0 unspecified atom stereocenters. The van der Waals surface area contributed by atoms with Crippen molar-refractivity contribution >= 4 is 50.7 Å². The fourth-order valence-corrected chi connectivity index (χ4v) is 5.77. The Morgan fingerprint density at radius 2 is 1.62 bits per heavy atom. The first-order valence-corrected chi connectivity index (χ1v) is 14.9. The summed E-state index contributed by atoms with van der Waals surface area (Å²) < 4.78 is 33.8. The highest BCUT2D eigenvalue weighted by molar-refractivity contribution is 7.92. The Kier molecular flexibility index (Phi) is 10.8. The monoisotopic (exact) mass is 605 g/mol. The molecule has 1 N–H and O–H groups in total. The van der Waals surface area contributed by atoms with Crippen LogP contribution in [-0.2, 0) is 26.2 Å². The highest BCUT2D eigenvalue weighted by Crippen LogP contribution is 2.33. The molecule has 0 saturated carbocycles. The lowest BCUT2D eigenvalue weighted by Crippen LogP contribution is -2.52. The van der Waals surface area contributed by atoms with Crippen molar-refractivity contribution in [3.63, 3.8) is 0 Å². The van der Waals surface area contributed by atoms with Crippen molar-refractivity contribution in [2.24, 2.45) is 0 Å². The van der Waals surface area contributed by atoms with Gasteiger partial charge in [-0.15, -0.1) is 0 Å². The fraction of sp³-hybridized carbons (Fsp3) is 0.310. The summed E-state index contributed by atoms with van der Waals surface area (Å²) in [5.41, 5.74) is 0.781. The molecule has 0 aliphatic carbocycles. The fourth-order valence-electron chi connectivity index (χ4n) is 3.89. The van der Waals surface area contributed by atoms with Crippen molar-refractivity contribution in [2.75, 3.05) is 18.0 Å². The van der Waals surface area contributed by atoms with Crippen LogP contribution in [-0.4, -0.2) is 50.9 Å². The Morgan fingerprint density at radius 3 is 2.23 bits per heavy atom. The molecular weight excluding hydrogens is 573 g/mol. The summed E-state index contributed by atoms with van der Waals surface area (Å²) in [6.45, 7) is 4.86. The number of hydrogen-bond acceptors (Lipinski definition) is 5. The lowest BCUT2D eigenvalue weighted by molar-refractivity contribution is -0.139. The third-order valence-corrected chi connectivity index (χ3v) is 8.80. The van der Waals surface area contributed by atoms with Gasteiger partial charge in [-0.1, -0.05) is 60.5 Å². The topological polar surface area (TPSA) is 96.0 Å². The zero-order chi connectivity index (χ0) is 29.4. The van der Waals surface area contributed by atoms with Gasteiger partial charge in [0.1, 0.15) is 18.3 Å². The molecule has 0 radical (unpaired) electrons. The number of sulfonamides is 1. The first kappa shape index (κ1) is 31.3. The Balaban J connectivity index is 2.05. The van der Waals surface area contributed by atoms with E-state index in [4.69, 9.17) is 27.9 Å². The van der Waals surface area contributed by atoms with E-state index in [0.717, 1.165) is 9.87 Å². The largest absolute Gasteiger partial charge is 0.497 e. The van der Waals surface area contributed by atoms with E-state index in [-0.39, 0.29) is 39.1 Å². The van der Waals surface area contributed by atoms with E-state index < -0.39 is 28.5 Å². The molecule has 40 heavy (non-hydrogen) atoms. The quantitative estimate of drug-likeness (QED) is 0.293. The predicted molar refractivity (Wildman–Crippen MR) is 158 cm³/mol. The molecule has 0 spiro atoms. The van der Waals surface area contributed by atoms with E-state index in [1.807, 2.05) is 13.8 Å². The highest BCUT2D eigenvalue weighted by atomic mass is 35.5. The summed E-state index contributed by atoms with van der Waals surface area (Å²) in [6, 6.07) is 18.2. The zero-order valence-corrected chi connectivity index (χ0v) is 25.1. The van der Waals surface area contributed by atoms with E-state index in [1.165, 1.54) is 35.2 Å². The van der Waals surface area contributed by atoms with Gasteiger partial charge in [0.25, 0.3) is 10.0 Å². The van der Waals surface area contributed by atoms with Gasteiger partial charge >= 0.3 is 0 Å². The average molecular weight is 607 g/mol. The molecule has 3 aromatic carbocycles. The third kappa shape index (κ3) is 7.68. The smallest absolute Gasteiger partial charge is 0.264 e. The van der Waals surface area contributed by atoms with Crippen LogP contribution in [0.1, 0.15) is 32.8 Å². The first-order chi connectivity index (χ1) is 19.0. The molecule has 0 aliphatic rings. The van der Waals surface area contributed by atoms with Crippen molar-refractivity contribution in [2.45, 2.75) is 50.7 Å². The number of rotatable bonds is 12. The van der Waals surface area contributed by atoms with Crippen LogP contribution >= 0.6 is 23.2 Å². The minimum atomic E-state index is -4.25. The van der Waals surface area contributed by atoms with E-state index in [0.29, 0.717) is 12.2 Å². The molecule has 0 bridgehead atoms. The van der Waals surface area contributed by atoms with Crippen LogP contribution in [0.2, 0.25) is 10.0 Å². The summed E-state index contributed by atoms with van der Waals surface area (Å²) in [5.74, 6) is -0.312. The Bertz CT molecular complexity index is 1420. The Labute approximate surface area is 245 Å². The number of hydrogen-bond donors (Lipinski definition) is 1. The zero-order valence-electron chi connectivity index (χ0n) is 22.8. The van der Waals surface area contributed by atoms with Crippen LogP contribution < -0.4 is 14.4 Å². The summed E-state index contributed by atoms with van der Waals surface area (Å²) in [4.78, 5) is 28.4. The summed E-state index contributed by atoms with van der Waals surface area (Å²) in [7, 11) is -2.70. The van der Waals surface area contributed by atoms with Crippen LogP contribution in [0.15, 0.2) is 77.7 Å². The van der Waals surface area contributed by atoms with Gasteiger partial charge in [0.2, 0.25) is 11.8 Å². The van der Waals surface area contributed by atoms with Crippen molar-refractivity contribution in [1.29, 1.82) is 0 Å². The van der Waals surface area contributed by atoms with Gasteiger partial charge < -0.3 is 15.0 Å². The SMILES string of the molecule is CC[C@@H](C)NC(=O)[C@H](C)N(Cc1ccc(OC)cc1)C(=O)CN(c1cc(Cl)ccc1Cl)S(=O)(=O)c1ccccc1. The normalized spacial score (nSPS) is 12.8. The second-order valence-electron chi connectivity index (χ2n) is 9.28. The van der Waals surface area contributed by atoms with Gasteiger partial charge in [0.05, 0.1) is 22.7 Å². The van der Waals surface area contributed by atoms with Crippen LogP contribution in [0, 0.1) is 0 Å². The van der Waals surface area contributed by atoms with Gasteiger partial charge in [-0.05, 0) is 68.3 Å². The maximum absolute atomic E-state index is 14.0. The third-order valence-electron chi connectivity index (χ3n) is 6.47. The summed E-state index contributed by atoms with van der Waals surface area (Å²) >= 11 is 12.6. The van der Waals surface area contributed by atoms with Gasteiger partial charge in [0, 0.05) is 17.6 Å². The average Bonchev–Trinajstić information content (AvgIpc) is 2.96. The van der Waals surface area contributed by atoms with E-state index >= 15 is 0 Å². The maximum atomic E-state index is 14.0. The number of carbonyl (C=O) groups is 2. The highest BCUT2D eigenvalue weighted by Gasteiger charge is 2.33. The summed E-state index contributed by atoms with van der Waals surface area (Å²) in [5, 5.41) is 3.25. The number of carbonyl (C=O) groups excluding carboxylic acids is 2. The molecule has 0 heterocycles. The van der Waals surface area contributed by atoms with Crippen LogP contribution in [0.4, 0.5) is 5.69 Å². The molecule has 3 rings (SSSR count). The molecule has 0 saturated heterocycles. The minimum Gasteiger partial charge on any atom is -0.497 e. The number of halogens is 2. The second kappa shape index (κ2) is 13.9. The van der Waals surface area contributed by atoms with Gasteiger partial charge in [-0.2, -0.15) is 0 Å². The molecule has 2 atom stereocenters. The van der Waals surface area contributed by atoms with Crippen molar-refractivity contribution in [3.8, 4) is 5.75 Å². The number of amides is 2. The molecule has 11 heteroatoms. The lowest BCUT2D eigenvalue weighted by atomic mass is 10.1. The number of ether oxygens (including phenoxy) is 1. The lowest BCUT2D eigenvalue weighted by Gasteiger charge is -2.32. The maximum Gasteiger partial charge on any atom is 0.264 e. The first-order valence-electron chi connectivity index (χ1n) is 12.7. The molecule has 3 aromatic rings. The van der Waals surface area contributed by atoms with Crippen molar-refractivity contribution < 1.29 is 22.7 Å². The number of nitrogens with zero attached hydrogens (tertiary/aromatic N) is 2. The summed E-state index contributed by atoms with van der Waals surface area (Å²) in [6.07, 6.45) is 0.710. The predicted octanol–water partition coefficient (Wildman–Crippen LogP) is 5.53. The van der Waals surface area contributed by atoms with E-state index in [9.17, 15) is 18.0 Å². The molecule has 214 valence electrons. The molecular formula is C29H33Cl2N3O5S. The Morgan fingerprint density at radius 1 is 0.975 bits per heavy atom. The molecule has 8 nitrogen and oxygen atoms in total. The standard InChI is InChI=1S/C29H33Cl2N3O5S/c1-5-20(2)32-29(36)21(3)33(18-22-11-14-24(39-4)15-12-22)28(35)19-34(27-17-23(30)13-16-26(27)31)40(37,38)25-9-7-6-8-10-25/h6-17,20-21H,5,18-19H2,1-4H3,(H,32,36)/t20-,21+/m1/s1. The van der Waals surface area contributed by atoms with E-state index in [2.05, 4.69) is 5.32 Å². The molecule has 0 aromatic heterocycles. The van der Waals surface area contributed by atoms with Gasteiger partial charge in [-0.3, -0.25) is 13.9 Å². The minimum absolute atomic E-state index is 0.0249. The van der Waals surface area contributed by atoms with Crippen molar-refractivity contribution in [1.82, 2.24) is 10.2 Å². The van der Waals surface area contributed by atoms with Gasteiger partial charge in [-0.25, -0.2) is 8.42 Å². The molecule has 0 aliphatic heterocycles. The van der Waals surface area contributed by atoms with Gasteiger partial charge in [0.15, 0.2) is 0 Å². The number of methoxy groups -OCH3 is 1. The van der Waals surface area contributed by atoms with E-state index in [1.54, 1.807) is 56.5 Å². The van der Waals surface area contributed by atoms with Crippen molar-refractivity contribution in [3.05, 3.63) is 88.4 Å². The second-order valence-corrected chi connectivity index (χ2v) is 12.0.